The maximum absolute atomic E-state index is 12.1. The minimum absolute atomic E-state index is 0.0189. The highest BCUT2D eigenvalue weighted by Gasteiger charge is 2.14. The van der Waals surface area contributed by atoms with E-state index in [1.165, 1.54) is 5.56 Å². The summed E-state index contributed by atoms with van der Waals surface area (Å²) < 4.78 is 0. The lowest BCUT2D eigenvalue weighted by Gasteiger charge is -2.24. The largest absolute Gasteiger partial charge is 0.395 e. The molecule has 0 aromatic heterocycles. The highest BCUT2D eigenvalue weighted by molar-refractivity contribution is 5.78. The van der Waals surface area contributed by atoms with Crippen LogP contribution in [0, 0.1) is 6.92 Å². The SMILES string of the molecule is Cc1ccc(CN(C)C(=O)CN(CCO)CCO)cc1. The molecule has 0 saturated carbocycles. The van der Waals surface area contributed by atoms with Crippen molar-refractivity contribution < 1.29 is 15.0 Å². The second-order valence-corrected chi connectivity index (χ2v) is 4.96. The number of nitrogens with zero attached hydrogens (tertiary/aromatic N) is 2. The number of rotatable bonds is 8. The standard InChI is InChI=1S/C15H24N2O3/c1-13-3-5-14(6-4-13)11-16(2)15(20)12-17(7-9-18)8-10-19/h3-6,18-19H,7-12H2,1-2H3. The van der Waals surface area contributed by atoms with Crippen LogP contribution < -0.4 is 0 Å². The summed E-state index contributed by atoms with van der Waals surface area (Å²) >= 11 is 0. The van der Waals surface area contributed by atoms with E-state index in [0.29, 0.717) is 19.6 Å². The summed E-state index contributed by atoms with van der Waals surface area (Å²) in [5, 5.41) is 17.9. The third-order valence-electron chi connectivity index (χ3n) is 3.16. The minimum Gasteiger partial charge on any atom is -0.395 e. The van der Waals surface area contributed by atoms with Crippen molar-refractivity contribution in [1.29, 1.82) is 0 Å². The van der Waals surface area contributed by atoms with E-state index >= 15 is 0 Å². The first-order valence-corrected chi connectivity index (χ1v) is 6.80. The first-order valence-electron chi connectivity index (χ1n) is 6.80. The summed E-state index contributed by atoms with van der Waals surface area (Å²) in [7, 11) is 1.76. The summed E-state index contributed by atoms with van der Waals surface area (Å²) in [6.45, 7) is 3.55. The molecule has 2 N–H and O–H groups in total. The molecule has 1 aromatic carbocycles. The fraction of sp³-hybridized carbons (Fsp3) is 0.533. The molecular weight excluding hydrogens is 256 g/mol. The van der Waals surface area contributed by atoms with Gasteiger partial charge in [-0.25, -0.2) is 0 Å². The van der Waals surface area contributed by atoms with Gasteiger partial charge >= 0.3 is 0 Å². The topological polar surface area (TPSA) is 64.0 Å². The summed E-state index contributed by atoms with van der Waals surface area (Å²) in [4.78, 5) is 15.5. The smallest absolute Gasteiger partial charge is 0.236 e. The number of likely N-dealkylation sites (N-methyl/N-ethyl adjacent to an activating group) is 1. The first kappa shape index (κ1) is 16.6. The molecule has 5 nitrogen and oxygen atoms in total. The zero-order chi connectivity index (χ0) is 15.0. The Labute approximate surface area is 120 Å². The van der Waals surface area contributed by atoms with Gasteiger partial charge in [-0.1, -0.05) is 29.8 Å². The van der Waals surface area contributed by atoms with Gasteiger partial charge in [-0.05, 0) is 12.5 Å². The van der Waals surface area contributed by atoms with Crippen LogP contribution in [0.15, 0.2) is 24.3 Å². The number of hydrogen-bond donors (Lipinski definition) is 2. The average Bonchev–Trinajstić information content (AvgIpc) is 2.42. The van der Waals surface area contributed by atoms with Crippen molar-refractivity contribution in [2.45, 2.75) is 13.5 Å². The molecule has 0 aliphatic heterocycles. The van der Waals surface area contributed by atoms with E-state index in [4.69, 9.17) is 10.2 Å². The highest BCUT2D eigenvalue weighted by Crippen LogP contribution is 2.06. The lowest BCUT2D eigenvalue weighted by molar-refractivity contribution is -0.131. The normalized spacial score (nSPS) is 10.8. The lowest BCUT2D eigenvalue weighted by atomic mass is 10.1. The van der Waals surface area contributed by atoms with Crippen molar-refractivity contribution in [2.75, 3.05) is 39.9 Å². The van der Waals surface area contributed by atoms with Crippen LogP contribution in [0.2, 0.25) is 0 Å². The fourth-order valence-electron chi connectivity index (χ4n) is 1.92. The molecule has 0 spiro atoms. The summed E-state index contributed by atoms with van der Waals surface area (Å²) in [6, 6.07) is 8.08. The average molecular weight is 280 g/mol. The molecule has 0 atom stereocenters. The second-order valence-electron chi connectivity index (χ2n) is 4.96. The molecule has 1 aromatic rings. The Morgan fingerprint density at radius 3 is 2.15 bits per heavy atom. The molecule has 5 heteroatoms. The van der Waals surface area contributed by atoms with Crippen molar-refractivity contribution in [2.24, 2.45) is 0 Å². The molecule has 112 valence electrons. The van der Waals surface area contributed by atoms with E-state index in [2.05, 4.69) is 0 Å². The molecule has 0 bridgehead atoms. The number of carbonyl (C=O) groups excluding carboxylic acids is 1. The van der Waals surface area contributed by atoms with Crippen LogP contribution in [0.25, 0.3) is 0 Å². The van der Waals surface area contributed by atoms with Crippen LogP contribution >= 0.6 is 0 Å². The molecule has 1 amide bonds. The van der Waals surface area contributed by atoms with Gasteiger partial charge in [0.2, 0.25) is 5.91 Å². The Morgan fingerprint density at radius 1 is 1.10 bits per heavy atom. The number of aryl methyl sites for hydroxylation is 1. The number of aliphatic hydroxyl groups excluding tert-OH is 2. The zero-order valence-electron chi connectivity index (χ0n) is 12.2. The van der Waals surface area contributed by atoms with Crippen LogP contribution in [-0.2, 0) is 11.3 Å². The van der Waals surface area contributed by atoms with Gasteiger partial charge in [0.05, 0.1) is 19.8 Å². The van der Waals surface area contributed by atoms with E-state index in [-0.39, 0.29) is 25.7 Å². The van der Waals surface area contributed by atoms with Gasteiger partial charge in [-0.3, -0.25) is 9.69 Å². The predicted molar refractivity (Wildman–Crippen MR) is 78.3 cm³/mol. The van der Waals surface area contributed by atoms with Gasteiger partial charge in [0.25, 0.3) is 0 Å². The van der Waals surface area contributed by atoms with Crippen LogP contribution in [0.3, 0.4) is 0 Å². The maximum atomic E-state index is 12.1. The van der Waals surface area contributed by atoms with Crippen molar-refractivity contribution >= 4 is 5.91 Å². The quantitative estimate of drug-likeness (QED) is 0.716. The minimum atomic E-state index is -0.0209. The number of amides is 1. The van der Waals surface area contributed by atoms with Gasteiger partial charge in [-0.2, -0.15) is 0 Å². The Kier molecular flexibility index (Phi) is 7.22. The highest BCUT2D eigenvalue weighted by atomic mass is 16.3. The Bertz CT molecular complexity index is 400. The molecule has 0 aliphatic rings. The third kappa shape index (κ3) is 5.69. The van der Waals surface area contributed by atoms with E-state index in [1.807, 2.05) is 31.2 Å². The van der Waals surface area contributed by atoms with Crippen molar-refractivity contribution in [3.05, 3.63) is 35.4 Å². The van der Waals surface area contributed by atoms with E-state index in [9.17, 15) is 4.79 Å². The molecular formula is C15H24N2O3. The fourth-order valence-corrected chi connectivity index (χ4v) is 1.92. The number of aliphatic hydroxyl groups is 2. The Hall–Kier alpha value is -1.43. The van der Waals surface area contributed by atoms with Crippen LogP contribution in [0.1, 0.15) is 11.1 Å². The van der Waals surface area contributed by atoms with Crippen molar-refractivity contribution in [3.63, 3.8) is 0 Å². The Balaban J connectivity index is 2.50. The molecule has 0 fully saturated rings. The van der Waals surface area contributed by atoms with Crippen molar-refractivity contribution in [1.82, 2.24) is 9.80 Å². The molecule has 0 radical (unpaired) electrons. The summed E-state index contributed by atoms with van der Waals surface area (Å²) in [5.74, 6) is -0.0209. The van der Waals surface area contributed by atoms with Gasteiger partial charge in [0, 0.05) is 26.7 Å². The predicted octanol–water partition coefficient (Wildman–Crippen LogP) is 0.240. The van der Waals surface area contributed by atoms with E-state index < -0.39 is 0 Å². The number of benzene rings is 1. The lowest BCUT2D eigenvalue weighted by Crippen LogP contribution is -2.40. The number of hydrogen-bond acceptors (Lipinski definition) is 4. The summed E-state index contributed by atoms with van der Waals surface area (Å²) in [5.41, 5.74) is 2.28. The monoisotopic (exact) mass is 280 g/mol. The molecule has 1 rings (SSSR count). The third-order valence-corrected chi connectivity index (χ3v) is 3.16. The maximum Gasteiger partial charge on any atom is 0.236 e. The van der Waals surface area contributed by atoms with Gasteiger partial charge in [0.15, 0.2) is 0 Å². The van der Waals surface area contributed by atoms with Crippen LogP contribution in [0.4, 0.5) is 0 Å². The van der Waals surface area contributed by atoms with E-state index in [1.54, 1.807) is 16.8 Å². The molecule has 0 heterocycles. The number of carbonyl (C=O) groups is 1. The van der Waals surface area contributed by atoms with Gasteiger partial charge in [-0.15, -0.1) is 0 Å². The zero-order valence-corrected chi connectivity index (χ0v) is 12.2. The van der Waals surface area contributed by atoms with Crippen LogP contribution in [-0.4, -0.2) is 65.8 Å². The van der Waals surface area contributed by atoms with Crippen molar-refractivity contribution in [3.8, 4) is 0 Å². The molecule has 0 unspecified atom stereocenters. The first-order chi connectivity index (χ1) is 9.56. The second kappa shape index (κ2) is 8.68. The molecule has 0 aliphatic carbocycles. The molecule has 20 heavy (non-hydrogen) atoms. The molecule has 0 saturated heterocycles. The van der Waals surface area contributed by atoms with Gasteiger partial charge in [0.1, 0.15) is 0 Å². The van der Waals surface area contributed by atoms with E-state index in [0.717, 1.165) is 5.56 Å². The van der Waals surface area contributed by atoms with Crippen LogP contribution in [0.5, 0.6) is 0 Å². The Morgan fingerprint density at radius 2 is 1.65 bits per heavy atom. The summed E-state index contributed by atoms with van der Waals surface area (Å²) in [6.07, 6.45) is 0. The van der Waals surface area contributed by atoms with Gasteiger partial charge < -0.3 is 15.1 Å².